The molecule has 1 fully saturated rings. The van der Waals surface area contributed by atoms with Gasteiger partial charge in [0.15, 0.2) is 0 Å². The van der Waals surface area contributed by atoms with Crippen molar-refractivity contribution >= 4 is 15.9 Å². The fourth-order valence-electron chi connectivity index (χ4n) is 3.62. The van der Waals surface area contributed by atoms with Crippen LogP contribution in [0, 0.1) is 0 Å². The summed E-state index contributed by atoms with van der Waals surface area (Å²) in [5.74, 6) is -0.128. The second kappa shape index (κ2) is 7.23. The Bertz CT molecular complexity index is 709. The summed E-state index contributed by atoms with van der Waals surface area (Å²) >= 11 is 0. The second-order valence-corrected chi connectivity index (χ2v) is 8.58. The lowest BCUT2D eigenvalue weighted by Gasteiger charge is -2.29. The zero-order valence-electron chi connectivity index (χ0n) is 14.3. The van der Waals surface area contributed by atoms with Gasteiger partial charge in [-0.05, 0) is 75.1 Å². The SMILES string of the molecule is C[C@@H](NS(=O)(=O)c1ccc2c(c1)CCCC2)C(=O)N1CCCCC1. The van der Waals surface area contributed by atoms with Crippen LogP contribution in [-0.4, -0.2) is 38.4 Å². The van der Waals surface area contributed by atoms with E-state index >= 15 is 0 Å². The van der Waals surface area contributed by atoms with Gasteiger partial charge in [0.2, 0.25) is 15.9 Å². The fraction of sp³-hybridized carbons (Fsp3) is 0.611. The topological polar surface area (TPSA) is 66.5 Å². The van der Waals surface area contributed by atoms with Gasteiger partial charge >= 0.3 is 0 Å². The number of benzene rings is 1. The van der Waals surface area contributed by atoms with Crippen LogP contribution in [0.5, 0.6) is 0 Å². The minimum absolute atomic E-state index is 0.128. The molecule has 1 aliphatic carbocycles. The van der Waals surface area contributed by atoms with Crippen molar-refractivity contribution in [1.29, 1.82) is 0 Å². The molecule has 0 spiro atoms. The van der Waals surface area contributed by atoms with Gasteiger partial charge in [-0.3, -0.25) is 4.79 Å². The average molecular weight is 350 g/mol. The molecular formula is C18H26N2O3S. The normalized spacial score (nSPS) is 19.6. The number of amides is 1. The van der Waals surface area contributed by atoms with Gasteiger partial charge in [0.25, 0.3) is 0 Å². The molecule has 0 saturated carbocycles. The van der Waals surface area contributed by atoms with E-state index in [4.69, 9.17) is 0 Å². The van der Waals surface area contributed by atoms with Gasteiger partial charge in [-0.2, -0.15) is 4.72 Å². The zero-order valence-corrected chi connectivity index (χ0v) is 15.1. The number of piperidine rings is 1. The van der Waals surface area contributed by atoms with E-state index in [1.54, 1.807) is 24.0 Å². The lowest BCUT2D eigenvalue weighted by Crippen LogP contribution is -2.48. The number of sulfonamides is 1. The molecule has 1 heterocycles. The third-order valence-corrected chi connectivity index (χ3v) is 6.54. The maximum atomic E-state index is 12.6. The summed E-state index contributed by atoms with van der Waals surface area (Å²) in [7, 11) is -3.67. The summed E-state index contributed by atoms with van der Waals surface area (Å²) in [6.07, 6.45) is 7.35. The van der Waals surface area contributed by atoms with Gasteiger partial charge in [-0.25, -0.2) is 8.42 Å². The Morgan fingerprint density at radius 2 is 1.71 bits per heavy atom. The smallest absolute Gasteiger partial charge is 0.241 e. The Balaban J connectivity index is 1.72. The van der Waals surface area contributed by atoms with E-state index in [1.165, 1.54) is 12.0 Å². The Morgan fingerprint density at radius 3 is 2.42 bits per heavy atom. The second-order valence-electron chi connectivity index (χ2n) is 6.87. The van der Waals surface area contributed by atoms with Crippen molar-refractivity contribution < 1.29 is 13.2 Å². The summed E-state index contributed by atoms with van der Waals surface area (Å²) in [6, 6.07) is 4.61. The average Bonchev–Trinajstić information content (AvgIpc) is 2.61. The van der Waals surface area contributed by atoms with Gasteiger partial charge in [0.1, 0.15) is 0 Å². The first kappa shape index (κ1) is 17.4. The molecule has 1 saturated heterocycles. The van der Waals surface area contributed by atoms with Crippen molar-refractivity contribution in [2.45, 2.75) is 62.8 Å². The number of hydrogen-bond acceptors (Lipinski definition) is 3. The summed E-state index contributed by atoms with van der Waals surface area (Å²) in [5.41, 5.74) is 2.37. The van der Waals surface area contributed by atoms with E-state index in [9.17, 15) is 13.2 Å². The van der Waals surface area contributed by atoms with Gasteiger partial charge in [-0.15, -0.1) is 0 Å². The van der Waals surface area contributed by atoms with E-state index in [2.05, 4.69) is 4.72 Å². The molecule has 1 aromatic carbocycles. The molecule has 1 amide bonds. The van der Waals surface area contributed by atoms with E-state index in [-0.39, 0.29) is 10.8 Å². The van der Waals surface area contributed by atoms with E-state index in [0.717, 1.165) is 57.2 Å². The third-order valence-electron chi connectivity index (χ3n) is 5.00. The predicted molar refractivity (Wildman–Crippen MR) is 93.3 cm³/mol. The van der Waals surface area contributed by atoms with Crippen LogP contribution in [0.2, 0.25) is 0 Å². The molecule has 2 aliphatic rings. The number of hydrogen-bond donors (Lipinski definition) is 1. The number of likely N-dealkylation sites (tertiary alicyclic amines) is 1. The molecule has 132 valence electrons. The Kier molecular flexibility index (Phi) is 5.25. The summed E-state index contributed by atoms with van der Waals surface area (Å²) in [6.45, 7) is 3.08. The molecule has 1 N–H and O–H groups in total. The number of fused-ring (bicyclic) bond motifs is 1. The van der Waals surface area contributed by atoms with E-state index in [0.29, 0.717) is 0 Å². The quantitative estimate of drug-likeness (QED) is 0.906. The maximum Gasteiger partial charge on any atom is 0.241 e. The van der Waals surface area contributed by atoms with Crippen molar-refractivity contribution in [3.05, 3.63) is 29.3 Å². The summed E-state index contributed by atoms with van der Waals surface area (Å²) in [5, 5.41) is 0. The highest BCUT2D eigenvalue weighted by atomic mass is 32.2. The van der Waals surface area contributed by atoms with Crippen LogP contribution < -0.4 is 4.72 Å². The molecule has 0 radical (unpaired) electrons. The van der Waals surface area contributed by atoms with Crippen molar-refractivity contribution in [3.63, 3.8) is 0 Å². The van der Waals surface area contributed by atoms with Crippen LogP contribution >= 0.6 is 0 Å². The monoisotopic (exact) mass is 350 g/mol. The largest absolute Gasteiger partial charge is 0.341 e. The van der Waals surface area contributed by atoms with Crippen LogP contribution in [0.4, 0.5) is 0 Å². The minimum Gasteiger partial charge on any atom is -0.341 e. The Hall–Kier alpha value is -1.40. The molecular weight excluding hydrogens is 324 g/mol. The zero-order chi connectivity index (χ0) is 17.2. The van der Waals surface area contributed by atoms with Gasteiger partial charge in [0, 0.05) is 13.1 Å². The molecule has 0 bridgehead atoms. The number of nitrogens with zero attached hydrogens (tertiary/aromatic N) is 1. The molecule has 1 atom stereocenters. The van der Waals surface area contributed by atoms with Crippen LogP contribution in [-0.2, 0) is 27.7 Å². The van der Waals surface area contributed by atoms with Crippen LogP contribution in [0.15, 0.2) is 23.1 Å². The molecule has 0 unspecified atom stereocenters. The molecule has 6 heteroatoms. The van der Waals surface area contributed by atoms with E-state index < -0.39 is 16.1 Å². The number of aryl methyl sites for hydroxylation is 2. The van der Waals surface area contributed by atoms with Gasteiger partial charge in [0.05, 0.1) is 10.9 Å². The van der Waals surface area contributed by atoms with Crippen molar-refractivity contribution in [2.75, 3.05) is 13.1 Å². The van der Waals surface area contributed by atoms with Crippen LogP contribution in [0.25, 0.3) is 0 Å². The highest BCUT2D eigenvalue weighted by Crippen LogP contribution is 2.24. The lowest BCUT2D eigenvalue weighted by molar-refractivity contribution is -0.133. The molecule has 0 aromatic heterocycles. The highest BCUT2D eigenvalue weighted by Gasteiger charge is 2.27. The van der Waals surface area contributed by atoms with E-state index in [1.807, 2.05) is 6.07 Å². The van der Waals surface area contributed by atoms with Crippen molar-refractivity contribution in [1.82, 2.24) is 9.62 Å². The number of nitrogens with one attached hydrogen (secondary N) is 1. The lowest BCUT2D eigenvalue weighted by atomic mass is 9.92. The van der Waals surface area contributed by atoms with Crippen LogP contribution in [0.1, 0.15) is 50.2 Å². The van der Waals surface area contributed by atoms with Gasteiger partial charge in [-0.1, -0.05) is 6.07 Å². The standard InChI is InChI=1S/C18H26N2O3S/c1-14(18(21)20-11-5-2-6-12-20)19-24(22,23)17-10-9-15-7-3-4-8-16(15)13-17/h9-10,13-14,19H,2-8,11-12H2,1H3/t14-/m1/s1. The minimum atomic E-state index is -3.67. The number of carbonyl (C=O) groups is 1. The van der Waals surface area contributed by atoms with Crippen molar-refractivity contribution in [2.24, 2.45) is 0 Å². The molecule has 5 nitrogen and oxygen atoms in total. The maximum absolute atomic E-state index is 12.6. The summed E-state index contributed by atoms with van der Waals surface area (Å²) in [4.78, 5) is 14.5. The Morgan fingerprint density at radius 1 is 1.04 bits per heavy atom. The fourth-order valence-corrected chi connectivity index (χ4v) is 4.86. The number of carbonyl (C=O) groups excluding carboxylic acids is 1. The third kappa shape index (κ3) is 3.81. The first-order valence-electron chi connectivity index (χ1n) is 8.90. The summed E-state index contributed by atoms with van der Waals surface area (Å²) < 4.78 is 27.8. The number of rotatable bonds is 4. The highest BCUT2D eigenvalue weighted by molar-refractivity contribution is 7.89. The molecule has 1 aromatic rings. The Labute approximate surface area is 144 Å². The predicted octanol–water partition coefficient (Wildman–Crippen LogP) is 2.24. The molecule has 24 heavy (non-hydrogen) atoms. The first-order valence-corrected chi connectivity index (χ1v) is 10.4. The molecule has 1 aliphatic heterocycles. The van der Waals surface area contributed by atoms with Gasteiger partial charge < -0.3 is 4.90 Å². The first-order chi connectivity index (χ1) is 11.5. The molecule has 3 rings (SSSR count). The van der Waals surface area contributed by atoms with Crippen LogP contribution in [0.3, 0.4) is 0 Å². The van der Waals surface area contributed by atoms with Crippen molar-refractivity contribution in [3.8, 4) is 0 Å².